The number of nitrogens with one attached hydrogen (secondary N) is 1. The van der Waals surface area contributed by atoms with Gasteiger partial charge in [0.2, 0.25) is 5.13 Å². The summed E-state index contributed by atoms with van der Waals surface area (Å²) in [7, 11) is 1.67. The number of urea groups is 1. The van der Waals surface area contributed by atoms with Crippen LogP contribution in [0.15, 0.2) is 29.8 Å². The van der Waals surface area contributed by atoms with Crippen molar-refractivity contribution in [3.63, 3.8) is 0 Å². The van der Waals surface area contributed by atoms with Gasteiger partial charge in [0.25, 0.3) is 0 Å². The van der Waals surface area contributed by atoms with Crippen molar-refractivity contribution < 1.29 is 9.53 Å². The summed E-state index contributed by atoms with van der Waals surface area (Å²) in [6, 6.07) is 7.99. The number of methoxy groups -OCH3 is 1. The second kappa shape index (κ2) is 7.38. The molecule has 3 rings (SSSR count). The molecule has 0 spiro atoms. The molecule has 1 N–H and O–H groups in total. The Morgan fingerprint density at radius 1 is 1.26 bits per heavy atom. The number of ether oxygens (including phenoxy) is 1. The van der Waals surface area contributed by atoms with Crippen LogP contribution in [0.4, 0.5) is 9.93 Å². The van der Waals surface area contributed by atoms with Crippen molar-refractivity contribution in [3.8, 4) is 5.75 Å². The molecule has 2 amide bonds. The van der Waals surface area contributed by atoms with E-state index in [1.54, 1.807) is 12.6 Å². The summed E-state index contributed by atoms with van der Waals surface area (Å²) in [6.07, 6.45) is 0. The van der Waals surface area contributed by atoms with Crippen molar-refractivity contribution in [1.82, 2.24) is 20.0 Å². The molecule has 0 atom stereocenters. The third-order valence-electron chi connectivity index (χ3n) is 3.80. The molecule has 0 bridgehead atoms. The van der Waals surface area contributed by atoms with Gasteiger partial charge in [-0.3, -0.25) is 10.2 Å². The highest BCUT2D eigenvalue weighted by Gasteiger charge is 2.21. The summed E-state index contributed by atoms with van der Waals surface area (Å²) < 4.78 is 5.17. The van der Waals surface area contributed by atoms with E-state index in [2.05, 4.69) is 32.5 Å². The van der Waals surface area contributed by atoms with Gasteiger partial charge < -0.3 is 9.64 Å². The summed E-state index contributed by atoms with van der Waals surface area (Å²) in [5.74, 6) is 0.868. The number of hydrogen-bond acceptors (Lipinski definition) is 6. The monoisotopic (exact) mass is 333 g/mol. The number of benzene rings is 1. The van der Waals surface area contributed by atoms with Crippen LogP contribution in [0, 0.1) is 0 Å². The molecule has 8 heteroatoms. The summed E-state index contributed by atoms with van der Waals surface area (Å²) in [6.45, 7) is 4.02. The SMILES string of the molecule is COc1ccc(CN2CCN(C(=O)Nc3nncs3)CC2)cc1. The van der Waals surface area contributed by atoms with Gasteiger partial charge in [0, 0.05) is 32.7 Å². The van der Waals surface area contributed by atoms with Gasteiger partial charge in [0.05, 0.1) is 7.11 Å². The van der Waals surface area contributed by atoms with Crippen LogP contribution in [0.3, 0.4) is 0 Å². The molecule has 122 valence electrons. The predicted molar refractivity (Wildman–Crippen MR) is 88.8 cm³/mol. The first kappa shape index (κ1) is 15.7. The average molecular weight is 333 g/mol. The van der Waals surface area contributed by atoms with Gasteiger partial charge in [-0.05, 0) is 17.7 Å². The second-order valence-electron chi connectivity index (χ2n) is 5.29. The molecule has 23 heavy (non-hydrogen) atoms. The molecule has 1 saturated heterocycles. The number of aromatic nitrogens is 2. The van der Waals surface area contributed by atoms with Crippen LogP contribution in [0.1, 0.15) is 5.56 Å². The quantitative estimate of drug-likeness (QED) is 0.925. The number of anilines is 1. The Balaban J connectivity index is 1.47. The third kappa shape index (κ3) is 4.17. The largest absolute Gasteiger partial charge is 0.497 e. The highest BCUT2D eigenvalue weighted by atomic mass is 32.1. The molecule has 1 aromatic carbocycles. The smallest absolute Gasteiger partial charge is 0.323 e. The zero-order valence-corrected chi connectivity index (χ0v) is 13.8. The molecule has 1 aliphatic rings. The fraction of sp³-hybridized carbons (Fsp3) is 0.400. The van der Waals surface area contributed by atoms with Crippen LogP contribution < -0.4 is 10.1 Å². The lowest BCUT2D eigenvalue weighted by molar-refractivity contribution is 0.143. The standard InChI is InChI=1S/C15H19N5O2S/c1-22-13-4-2-12(3-5-13)10-19-6-8-20(9-7-19)15(21)17-14-18-16-11-23-14/h2-5,11H,6-10H2,1H3,(H,17,18,21). The summed E-state index contributed by atoms with van der Waals surface area (Å²) >= 11 is 1.32. The Morgan fingerprint density at radius 3 is 2.61 bits per heavy atom. The molecule has 0 radical (unpaired) electrons. The molecule has 0 aliphatic carbocycles. The second-order valence-corrected chi connectivity index (χ2v) is 6.12. The molecule has 1 aromatic heterocycles. The van der Waals surface area contributed by atoms with Crippen molar-refractivity contribution >= 4 is 22.5 Å². The van der Waals surface area contributed by atoms with E-state index in [0.29, 0.717) is 18.2 Å². The minimum atomic E-state index is -0.106. The van der Waals surface area contributed by atoms with Crippen molar-refractivity contribution in [1.29, 1.82) is 0 Å². The molecule has 1 fully saturated rings. The Kier molecular flexibility index (Phi) is 5.04. The maximum atomic E-state index is 12.1. The molecule has 0 unspecified atom stereocenters. The van der Waals surface area contributed by atoms with Crippen LogP contribution in [-0.4, -0.2) is 59.3 Å². The molecule has 7 nitrogen and oxygen atoms in total. The van der Waals surface area contributed by atoms with E-state index in [-0.39, 0.29) is 6.03 Å². The number of piperazine rings is 1. The van der Waals surface area contributed by atoms with E-state index in [1.165, 1.54) is 16.9 Å². The first-order valence-corrected chi connectivity index (χ1v) is 8.30. The fourth-order valence-electron chi connectivity index (χ4n) is 2.50. The van der Waals surface area contributed by atoms with Gasteiger partial charge in [-0.15, -0.1) is 10.2 Å². The van der Waals surface area contributed by atoms with E-state index in [0.717, 1.165) is 25.4 Å². The van der Waals surface area contributed by atoms with Gasteiger partial charge in [-0.25, -0.2) is 4.79 Å². The Morgan fingerprint density at radius 2 is 2.00 bits per heavy atom. The summed E-state index contributed by atoms with van der Waals surface area (Å²) in [5, 5.41) is 10.8. The highest BCUT2D eigenvalue weighted by molar-refractivity contribution is 7.13. The Bertz CT molecular complexity index is 624. The van der Waals surface area contributed by atoms with Crippen molar-refractivity contribution in [2.45, 2.75) is 6.54 Å². The third-order valence-corrected chi connectivity index (χ3v) is 4.41. The fourth-order valence-corrected chi connectivity index (χ4v) is 2.93. The Labute approximate surface area is 138 Å². The topological polar surface area (TPSA) is 70.6 Å². The first-order valence-electron chi connectivity index (χ1n) is 7.42. The molecular weight excluding hydrogens is 314 g/mol. The van der Waals surface area contributed by atoms with E-state index < -0.39 is 0 Å². The lowest BCUT2D eigenvalue weighted by Crippen LogP contribution is -2.49. The summed E-state index contributed by atoms with van der Waals surface area (Å²) in [4.78, 5) is 16.3. The lowest BCUT2D eigenvalue weighted by Gasteiger charge is -2.34. The van der Waals surface area contributed by atoms with Crippen LogP contribution in [-0.2, 0) is 6.54 Å². The molecule has 2 heterocycles. The summed E-state index contributed by atoms with van der Waals surface area (Å²) in [5.41, 5.74) is 2.85. The molecule has 0 saturated carbocycles. The van der Waals surface area contributed by atoms with E-state index in [4.69, 9.17) is 4.74 Å². The normalized spacial score (nSPS) is 15.4. The maximum absolute atomic E-state index is 12.1. The highest BCUT2D eigenvalue weighted by Crippen LogP contribution is 2.15. The van der Waals surface area contributed by atoms with Crippen LogP contribution in [0.2, 0.25) is 0 Å². The van der Waals surface area contributed by atoms with Gasteiger partial charge >= 0.3 is 6.03 Å². The van der Waals surface area contributed by atoms with Gasteiger partial charge in [-0.1, -0.05) is 23.5 Å². The van der Waals surface area contributed by atoms with E-state index in [1.807, 2.05) is 17.0 Å². The van der Waals surface area contributed by atoms with Gasteiger partial charge in [0.15, 0.2) is 0 Å². The van der Waals surface area contributed by atoms with Crippen molar-refractivity contribution in [2.75, 3.05) is 38.6 Å². The van der Waals surface area contributed by atoms with Gasteiger partial charge in [-0.2, -0.15) is 0 Å². The van der Waals surface area contributed by atoms with Crippen LogP contribution in [0.5, 0.6) is 5.75 Å². The van der Waals surface area contributed by atoms with Crippen LogP contribution in [0.25, 0.3) is 0 Å². The number of carbonyl (C=O) groups excluding carboxylic acids is 1. The Hall–Kier alpha value is -2.19. The zero-order valence-electron chi connectivity index (χ0n) is 12.9. The molecule has 1 aliphatic heterocycles. The van der Waals surface area contributed by atoms with E-state index >= 15 is 0 Å². The number of amides is 2. The minimum Gasteiger partial charge on any atom is -0.497 e. The zero-order chi connectivity index (χ0) is 16.1. The number of rotatable bonds is 4. The molecule has 2 aromatic rings. The average Bonchev–Trinajstić information content (AvgIpc) is 3.09. The minimum absolute atomic E-state index is 0.106. The number of hydrogen-bond donors (Lipinski definition) is 1. The lowest BCUT2D eigenvalue weighted by atomic mass is 10.2. The van der Waals surface area contributed by atoms with Crippen molar-refractivity contribution in [3.05, 3.63) is 35.3 Å². The first-order chi connectivity index (χ1) is 11.2. The number of carbonyl (C=O) groups is 1. The van der Waals surface area contributed by atoms with Gasteiger partial charge in [0.1, 0.15) is 11.3 Å². The van der Waals surface area contributed by atoms with Crippen molar-refractivity contribution in [2.24, 2.45) is 0 Å². The van der Waals surface area contributed by atoms with E-state index in [9.17, 15) is 4.79 Å². The maximum Gasteiger partial charge on any atom is 0.323 e. The van der Waals surface area contributed by atoms with Crippen LogP contribution >= 0.6 is 11.3 Å². The molecular formula is C15H19N5O2S. The number of nitrogens with zero attached hydrogens (tertiary/aromatic N) is 4. The predicted octanol–water partition coefficient (Wildman–Crippen LogP) is 1.90.